The summed E-state index contributed by atoms with van der Waals surface area (Å²) in [5.74, 6) is -1.41. The largest absolute Gasteiger partial charge is 0.466 e. The molecule has 2 rings (SSSR count). The lowest BCUT2D eigenvalue weighted by Gasteiger charge is -2.08. The summed E-state index contributed by atoms with van der Waals surface area (Å²) in [5.41, 5.74) is 0.738. The fourth-order valence-corrected chi connectivity index (χ4v) is 1.70. The summed E-state index contributed by atoms with van der Waals surface area (Å²) < 4.78 is 9.05. The highest BCUT2D eigenvalue weighted by atomic mass is 16.5. The summed E-state index contributed by atoms with van der Waals surface area (Å²) in [6.45, 7) is 0. The second kappa shape index (κ2) is 5.95. The Morgan fingerprint density at radius 2 is 1.95 bits per heavy atom. The van der Waals surface area contributed by atoms with Gasteiger partial charge in [0, 0.05) is 5.69 Å². The van der Waals surface area contributed by atoms with Gasteiger partial charge in [0.15, 0.2) is 0 Å². The van der Waals surface area contributed by atoms with Gasteiger partial charge in [-0.05, 0) is 18.2 Å². The number of hydrogen-bond donors (Lipinski definition) is 3. The molecule has 0 fully saturated rings. The minimum absolute atomic E-state index is 0.0819. The number of rotatable bonds is 4. The van der Waals surface area contributed by atoms with Crippen LogP contribution in [0.3, 0.4) is 0 Å². The third-order valence-corrected chi connectivity index (χ3v) is 2.72. The Bertz CT molecular complexity index is 771. The summed E-state index contributed by atoms with van der Waals surface area (Å²) >= 11 is 0. The molecule has 3 N–H and O–H groups in total. The van der Waals surface area contributed by atoms with Gasteiger partial charge in [0.2, 0.25) is 0 Å². The van der Waals surface area contributed by atoms with Crippen LogP contribution in [0.15, 0.2) is 34.8 Å². The highest BCUT2D eigenvalue weighted by Crippen LogP contribution is 2.16. The molecule has 21 heavy (non-hydrogen) atoms. The summed E-state index contributed by atoms with van der Waals surface area (Å²) in [6, 6.07) is 4.79. The van der Waals surface area contributed by atoms with Crippen LogP contribution >= 0.6 is 0 Å². The van der Waals surface area contributed by atoms with Crippen molar-refractivity contribution < 1.29 is 19.1 Å². The van der Waals surface area contributed by atoms with Crippen LogP contribution in [-0.2, 0) is 19.1 Å². The van der Waals surface area contributed by atoms with E-state index in [0.29, 0.717) is 16.6 Å². The summed E-state index contributed by atoms with van der Waals surface area (Å²) in [6.07, 6.45) is 0.982. The van der Waals surface area contributed by atoms with Crippen molar-refractivity contribution in [3.8, 4) is 0 Å². The molecule has 0 spiro atoms. The second-order valence-corrected chi connectivity index (χ2v) is 4.04. The van der Waals surface area contributed by atoms with Crippen molar-refractivity contribution in [3.63, 3.8) is 0 Å². The summed E-state index contributed by atoms with van der Waals surface area (Å²) in [4.78, 5) is 34.3. The van der Waals surface area contributed by atoms with Gasteiger partial charge in [-0.2, -0.15) is 0 Å². The lowest BCUT2D eigenvalue weighted by Crippen LogP contribution is -2.15. The number of ether oxygens (including phenoxy) is 2. The Morgan fingerprint density at radius 1 is 1.19 bits per heavy atom. The van der Waals surface area contributed by atoms with Crippen molar-refractivity contribution in [1.29, 1.82) is 0 Å². The van der Waals surface area contributed by atoms with Crippen LogP contribution in [0.1, 0.15) is 0 Å². The van der Waals surface area contributed by atoms with Crippen molar-refractivity contribution in [3.05, 3.63) is 40.3 Å². The third kappa shape index (κ3) is 3.11. The molecule has 0 unspecified atom stereocenters. The number of methoxy groups -OCH3 is 2. The van der Waals surface area contributed by atoms with E-state index >= 15 is 0 Å². The minimum Gasteiger partial charge on any atom is -0.466 e. The van der Waals surface area contributed by atoms with Crippen LogP contribution in [0.25, 0.3) is 10.9 Å². The van der Waals surface area contributed by atoms with Gasteiger partial charge in [-0.3, -0.25) is 15.0 Å². The molecule has 0 aliphatic heterocycles. The van der Waals surface area contributed by atoms with Crippen molar-refractivity contribution >= 4 is 28.5 Å². The van der Waals surface area contributed by atoms with Crippen LogP contribution in [0.2, 0.25) is 0 Å². The average Bonchev–Trinajstić information content (AvgIpc) is 2.86. The molecule has 0 saturated heterocycles. The van der Waals surface area contributed by atoms with Crippen molar-refractivity contribution in [2.75, 3.05) is 19.5 Å². The van der Waals surface area contributed by atoms with Crippen LogP contribution in [0.4, 0.5) is 5.69 Å². The summed E-state index contributed by atoms with van der Waals surface area (Å²) in [7, 11) is 2.40. The molecule has 2 aromatic rings. The number of aromatic nitrogens is 2. The SMILES string of the molecule is COC(=O)/C=C(/Nc1ccc2c(=O)[nH][nH]c2c1)C(=O)OC. The molecular formula is C13H13N3O5. The fourth-order valence-electron chi connectivity index (χ4n) is 1.70. The van der Waals surface area contributed by atoms with E-state index in [-0.39, 0.29) is 11.3 Å². The molecule has 0 bridgehead atoms. The van der Waals surface area contributed by atoms with Gasteiger partial charge < -0.3 is 14.8 Å². The molecule has 0 atom stereocenters. The first-order chi connectivity index (χ1) is 10.0. The number of hydrogen-bond acceptors (Lipinski definition) is 6. The lowest BCUT2D eigenvalue weighted by atomic mass is 10.2. The molecule has 0 saturated carbocycles. The number of benzene rings is 1. The molecule has 110 valence electrons. The lowest BCUT2D eigenvalue weighted by molar-refractivity contribution is -0.138. The maximum absolute atomic E-state index is 11.6. The molecule has 1 aromatic carbocycles. The Balaban J connectivity index is 2.33. The number of fused-ring (bicyclic) bond motifs is 1. The van der Waals surface area contributed by atoms with E-state index in [4.69, 9.17) is 0 Å². The quantitative estimate of drug-likeness (QED) is 0.558. The van der Waals surface area contributed by atoms with Gasteiger partial charge in [0.05, 0.1) is 31.2 Å². The number of carbonyl (C=O) groups excluding carboxylic acids is 2. The predicted octanol–water partition coefficient (Wildman–Crippen LogP) is 0.498. The number of anilines is 1. The molecule has 0 amide bonds. The van der Waals surface area contributed by atoms with Gasteiger partial charge >= 0.3 is 11.9 Å². The van der Waals surface area contributed by atoms with E-state index in [1.807, 2.05) is 0 Å². The Hall–Kier alpha value is -3.03. The first-order valence-electron chi connectivity index (χ1n) is 5.90. The smallest absolute Gasteiger partial charge is 0.354 e. The molecule has 8 heteroatoms. The van der Waals surface area contributed by atoms with Gasteiger partial charge in [0.25, 0.3) is 5.56 Å². The average molecular weight is 291 g/mol. The van der Waals surface area contributed by atoms with Crippen LogP contribution in [0.5, 0.6) is 0 Å². The monoisotopic (exact) mass is 291 g/mol. The second-order valence-electron chi connectivity index (χ2n) is 4.04. The van der Waals surface area contributed by atoms with Crippen LogP contribution in [-0.4, -0.2) is 36.4 Å². The molecule has 8 nitrogen and oxygen atoms in total. The molecular weight excluding hydrogens is 278 g/mol. The van der Waals surface area contributed by atoms with Gasteiger partial charge in [-0.1, -0.05) is 0 Å². The van der Waals surface area contributed by atoms with E-state index in [2.05, 4.69) is 25.0 Å². The zero-order valence-corrected chi connectivity index (χ0v) is 11.4. The molecule has 1 aromatic heterocycles. The molecule has 0 aliphatic rings. The molecule has 0 aliphatic carbocycles. The Kier molecular flexibility index (Phi) is 4.07. The third-order valence-electron chi connectivity index (χ3n) is 2.72. The van der Waals surface area contributed by atoms with Crippen molar-refractivity contribution in [2.24, 2.45) is 0 Å². The highest BCUT2D eigenvalue weighted by molar-refractivity contribution is 5.99. The summed E-state index contributed by atoms with van der Waals surface area (Å²) in [5, 5.41) is 8.37. The minimum atomic E-state index is -0.719. The number of esters is 2. The van der Waals surface area contributed by atoms with Gasteiger partial charge in [0.1, 0.15) is 5.70 Å². The zero-order valence-electron chi connectivity index (χ0n) is 11.4. The maximum atomic E-state index is 11.6. The van der Waals surface area contributed by atoms with Gasteiger partial charge in [-0.15, -0.1) is 0 Å². The normalized spacial score (nSPS) is 11.2. The number of carbonyl (C=O) groups is 2. The number of H-pyrrole nitrogens is 2. The molecule has 0 radical (unpaired) electrons. The van der Waals surface area contributed by atoms with E-state index < -0.39 is 11.9 Å². The van der Waals surface area contributed by atoms with Crippen LogP contribution < -0.4 is 10.9 Å². The van der Waals surface area contributed by atoms with Crippen molar-refractivity contribution in [2.45, 2.75) is 0 Å². The van der Waals surface area contributed by atoms with E-state index in [0.717, 1.165) is 6.08 Å². The van der Waals surface area contributed by atoms with E-state index in [1.165, 1.54) is 14.2 Å². The van der Waals surface area contributed by atoms with E-state index in [9.17, 15) is 14.4 Å². The number of aromatic amines is 2. The van der Waals surface area contributed by atoms with Gasteiger partial charge in [-0.25, -0.2) is 9.59 Å². The van der Waals surface area contributed by atoms with Crippen molar-refractivity contribution in [1.82, 2.24) is 10.2 Å². The number of nitrogens with one attached hydrogen (secondary N) is 3. The predicted molar refractivity (Wildman–Crippen MR) is 74.7 cm³/mol. The zero-order chi connectivity index (χ0) is 15.4. The Morgan fingerprint density at radius 3 is 2.62 bits per heavy atom. The fraction of sp³-hybridized carbons (Fsp3) is 0.154. The standard InChI is InChI=1S/C13H13N3O5/c1-20-11(17)6-10(13(19)21-2)14-7-3-4-8-9(5-7)15-16-12(8)18/h3-6,14H,1-2H3,(H2,15,16,18)/b10-6+. The Labute approximate surface area is 118 Å². The first-order valence-corrected chi connectivity index (χ1v) is 5.90. The topological polar surface area (TPSA) is 113 Å². The van der Waals surface area contributed by atoms with Crippen LogP contribution in [0, 0.1) is 0 Å². The first kappa shape index (κ1) is 14.4. The van der Waals surface area contributed by atoms with E-state index in [1.54, 1.807) is 18.2 Å². The highest BCUT2D eigenvalue weighted by Gasteiger charge is 2.13. The molecule has 1 heterocycles. The maximum Gasteiger partial charge on any atom is 0.354 e.